The number of carbonyl (C=O) groups is 1. The fraction of sp³-hybridized carbons (Fsp3) is 0.0625. The van der Waals surface area contributed by atoms with Crippen LogP contribution in [0.5, 0.6) is 5.75 Å². The lowest BCUT2D eigenvalue weighted by Gasteiger charge is -2.06. The zero-order valence-corrected chi connectivity index (χ0v) is 11.0. The molecule has 2 aromatic rings. The predicted molar refractivity (Wildman–Crippen MR) is 77.6 cm³/mol. The Hall–Kier alpha value is -2.06. The molecule has 0 N–H and O–H groups in total. The van der Waals surface area contributed by atoms with Crippen molar-refractivity contribution in [2.75, 3.05) is 6.61 Å². The van der Waals surface area contributed by atoms with Crippen LogP contribution in [0, 0.1) is 0 Å². The first-order valence-corrected chi connectivity index (χ1v) is 6.27. The molecular formula is C16H13ClO2. The summed E-state index contributed by atoms with van der Waals surface area (Å²) in [6.07, 6.45) is 2.55. The van der Waals surface area contributed by atoms with Gasteiger partial charge in [-0.05, 0) is 23.8 Å². The summed E-state index contributed by atoms with van der Waals surface area (Å²) in [5.74, 6) is 0.561. The van der Waals surface area contributed by atoms with E-state index < -0.39 is 0 Å². The average Bonchev–Trinajstić information content (AvgIpc) is 2.48. The molecule has 0 heterocycles. The van der Waals surface area contributed by atoms with Gasteiger partial charge in [0.25, 0.3) is 0 Å². The molecule has 0 spiro atoms. The molecule has 0 radical (unpaired) electrons. The number of benzene rings is 2. The molecular weight excluding hydrogens is 260 g/mol. The summed E-state index contributed by atoms with van der Waals surface area (Å²) in [5.41, 5.74) is 1.48. The summed E-state index contributed by atoms with van der Waals surface area (Å²) >= 11 is 6.16. The lowest BCUT2D eigenvalue weighted by molar-refractivity contribution is 0.112. The molecule has 3 heteroatoms. The normalized spacial score (nSPS) is 11.1. The van der Waals surface area contributed by atoms with Crippen molar-refractivity contribution in [3.05, 3.63) is 71.8 Å². The Morgan fingerprint density at radius 1 is 1.05 bits per heavy atom. The number of para-hydroxylation sites is 1. The van der Waals surface area contributed by atoms with Gasteiger partial charge in [-0.3, -0.25) is 4.79 Å². The molecule has 2 aromatic carbocycles. The van der Waals surface area contributed by atoms with E-state index in [-0.39, 0.29) is 0 Å². The van der Waals surface area contributed by atoms with Crippen LogP contribution < -0.4 is 4.74 Å². The van der Waals surface area contributed by atoms with Crippen LogP contribution in [0.3, 0.4) is 0 Å². The Kier molecular flexibility index (Phi) is 4.76. The molecule has 0 amide bonds. The molecule has 2 nitrogen and oxygen atoms in total. The summed E-state index contributed by atoms with van der Waals surface area (Å²) in [5, 5.41) is 0.629. The Balaban J connectivity index is 2.02. The molecule has 0 bridgehead atoms. The van der Waals surface area contributed by atoms with Crippen LogP contribution in [0.2, 0.25) is 0 Å². The van der Waals surface area contributed by atoms with Crippen LogP contribution in [-0.2, 0) is 0 Å². The molecule has 0 fully saturated rings. The first-order valence-electron chi connectivity index (χ1n) is 5.89. The Labute approximate surface area is 117 Å². The number of hydrogen-bond acceptors (Lipinski definition) is 2. The molecule has 0 aliphatic rings. The average molecular weight is 273 g/mol. The predicted octanol–water partition coefficient (Wildman–Crippen LogP) is 4.16. The maximum Gasteiger partial charge on any atom is 0.153 e. The molecule has 0 unspecified atom stereocenters. The fourth-order valence-electron chi connectivity index (χ4n) is 1.63. The number of hydrogen-bond donors (Lipinski definition) is 0. The van der Waals surface area contributed by atoms with E-state index in [9.17, 15) is 4.79 Å². The highest BCUT2D eigenvalue weighted by Crippen LogP contribution is 2.19. The smallest absolute Gasteiger partial charge is 0.153 e. The number of ether oxygens (including phenoxy) is 1. The fourth-order valence-corrected chi connectivity index (χ4v) is 1.82. The van der Waals surface area contributed by atoms with Crippen molar-refractivity contribution < 1.29 is 9.53 Å². The van der Waals surface area contributed by atoms with Gasteiger partial charge < -0.3 is 4.74 Å². The molecule has 96 valence electrons. The summed E-state index contributed by atoms with van der Waals surface area (Å²) in [6, 6.07) is 16.7. The van der Waals surface area contributed by atoms with Gasteiger partial charge in [0.15, 0.2) is 6.29 Å². The molecule has 0 aromatic heterocycles. The minimum absolute atomic E-state index is 0.318. The lowest BCUT2D eigenvalue weighted by Crippen LogP contribution is -1.97. The second-order valence-electron chi connectivity index (χ2n) is 3.88. The molecule has 0 aliphatic carbocycles. The Morgan fingerprint density at radius 2 is 1.74 bits per heavy atom. The SMILES string of the molecule is O=Cc1ccccc1OCC=C(Cl)c1ccccc1. The van der Waals surface area contributed by atoms with Gasteiger partial charge >= 0.3 is 0 Å². The van der Waals surface area contributed by atoms with Crippen molar-refractivity contribution in [1.29, 1.82) is 0 Å². The van der Waals surface area contributed by atoms with Crippen molar-refractivity contribution >= 4 is 22.9 Å². The monoisotopic (exact) mass is 272 g/mol. The first kappa shape index (κ1) is 13.4. The van der Waals surface area contributed by atoms with E-state index in [0.29, 0.717) is 23.0 Å². The van der Waals surface area contributed by atoms with Gasteiger partial charge in [0.1, 0.15) is 12.4 Å². The zero-order valence-electron chi connectivity index (χ0n) is 10.3. The van der Waals surface area contributed by atoms with Gasteiger partial charge in [-0.25, -0.2) is 0 Å². The van der Waals surface area contributed by atoms with E-state index >= 15 is 0 Å². The highest BCUT2D eigenvalue weighted by molar-refractivity contribution is 6.48. The largest absolute Gasteiger partial charge is 0.489 e. The van der Waals surface area contributed by atoms with E-state index in [2.05, 4.69) is 0 Å². The summed E-state index contributed by atoms with van der Waals surface area (Å²) in [6.45, 7) is 0.318. The topological polar surface area (TPSA) is 26.3 Å². The number of aldehydes is 1. The summed E-state index contributed by atoms with van der Waals surface area (Å²) in [7, 11) is 0. The summed E-state index contributed by atoms with van der Waals surface area (Å²) in [4.78, 5) is 10.8. The zero-order chi connectivity index (χ0) is 13.5. The maximum atomic E-state index is 10.8. The third kappa shape index (κ3) is 3.70. The highest BCUT2D eigenvalue weighted by Gasteiger charge is 2.01. The quantitative estimate of drug-likeness (QED) is 0.764. The van der Waals surface area contributed by atoms with Crippen LogP contribution in [0.15, 0.2) is 60.7 Å². The number of halogens is 1. The molecule has 19 heavy (non-hydrogen) atoms. The van der Waals surface area contributed by atoms with Crippen LogP contribution in [0.1, 0.15) is 15.9 Å². The van der Waals surface area contributed by atoms with E-state index in [4.69, 9.17) is 16.3 Å². The van der Waals surface area contributed by atoms with Gasteiger partial charge in [0, 0.05) is 5.03 Å². The van der Waals surface area contributed by atoms with Crippen LogP contribution in [-0.4, -0.2) is 12.9 Å². The molecule has 2 rings (SSSR count). The standard InChI is InChI=1S/C16H13ClO2/c17-15(13-6-2-1-3-7-13)10-11-19-16-9-5-4-8-14(16)12-18/h1-10,12H,11H2. The molecule has 0 atom stereocenters. The minimum atomic E-state index is 0.318. The second kappa shape index (κ2) is 6.76. The van der Waals surface area contributed by atoms with Crippen molar-refractivity contribution in [2.24, 2.45) is 0 Å². The summed E-state index contributed by atoms with van der Waals surface area (Å²) < 4.78 is 5.53. The second-order valence-corrected chi connectivity index (χ2v) is 4.29. The van der Waals surface area contributed by atoms with Gasteiger partial charge in [0.2, 0.25) is 0 Å². The van der Waals surface area contributed by atoms with E-state index in [1.54, 1.807) is 24.3 Å². The highest BCUT2D eigenvalue weighted by atomic mass is 35.5. The molecule has 0 saturated carbocycles. The van der Waals surface area contributed by atoms with Crippen LogP contribution in [0.4, 0.5) is 0 Å². The van der Waals surface area contributed by atoms with Crippen molar-refractivity contribution in [2.45, 2.75) is 0 Å². The third-order valence-corrected chi connectivity index (χ3v) is 2.97. The first-order chi connectivity index (χ1) is 9.31. The Bertz CT molecular complexity index is 576. The lowest BCUT2D eigenvalue weighted by atomic mass is 10.2. The third-order valence-electron chi connectivity index (χ3n) is 2.60. The van der Waals surface area contributed by atoms with Gasteiger partial charge in [0.05, 0.1) is 5.56 Å². The minimum Gasteiger partial charge on any atom is -0.489 e. The van der Waals surface area contributed by atoms with Gasteiger partial charge in [-0.1, -0.05) is 54.1 Å². The van der Waals surface area contributed by atoms with Crippen LogP contribution >= 0.6 is 11.6 Å². The van der Waals surface area contributed by atoms with Crippen molar-refractivity contribution in [3.8, 4) is 5.75 Å². The Morgan fingerprint density at radius 3 is 2.47 bits per heavy atom. The van der Waals surface area contributed by atoms with E-state index in [0.717, 1.165) is 11.8 Å². The maximum absolute atomic E-state index is 10.8. The van der Waals surface area contributed by atoms with Crippen molar-refractivity contribution in [3.63, 3.8) is 0 Å². The van der Waals surface area contributed by atoms with Crippen LogP contribution in [0.25, 0.3) is 5.03 Å². The molecule has 0 saturated heterocycles. The molecule has 0 aliphatic heterocycles. The van der Waals surface area contributed by atoms with E-state index in [1.165, 1.54) is 0 Å². The van der Waals surface area contributed by atoms with Gasteiger partial charge in [-0.15, -0.1) is 0 Å². The van der Waals surface area contributed by atoms with E-state index in [1.807, 2.05) is 36.4 Å². The van der Waals surface area contributed by atoms with Gasteiger partial charge in [-0.2, -0.15) is 0 Å². The van der Waals surface area contributed by atoms with Crippen molar-refractivity contribution in [1.82, 2.24) is 0 Å². The number of rotatable bonds is 5. The number of carbonyl (C=O) groups excluding carboxylic acids is 1.